The summed E-state index contributed by atoms with van der Waals surface area (Å²) in [7, 11) is 0. The molecule has 0 aliphatic heterocycles. The molecule has 0 saturated carbocycles. The second kappa shape index (κ2) is 6.54. The summed E-state index contributed by atoms with van der Waals surface area (Å²) in [5, 5.41) is 8.33. The lowest BCUT2D eigenvalue weighted by atomic mass is 10.2. The van der Waals surface area contributed by atoms with Crippen LogP contribution in [0.25, 0.3) is 0 Å². The van der Waals surface area contributed by atoms with E-state index in [0.29, 0.717) is 18.0 Å². The van der Waals surface area contributed by atoms with Gasteiger partial charge in [-0.05, 0) is 30.7 Å². The summed E-state index contributed by atoms with van der Waals surface area (Å²) < 4.78 is 5.55. The van der Waals surface area contributed by atoms with Crippen LogP contribution in [0.2, 0.25) is 0 Å². The number of nitrogen functional groups attached to an aromatic ring is 1. The average Bonchev–Trinajstić information content (AvgIpc) is 2.46. The van der Waals surface area contributed by atoms with Crippen molar-refractivity contribution in [3.63, 3.8) is 0 Å². The maximum Gasteiger partial charge on any atom is 0.144 e. The fraction of sp³-hybridized carbons (Fsp3) is 0.200. The quantitative estimate of drug-likeness (QED) is 0.632. The first-order valence-corrected chi connectivity index (χ1v) is 6.28. The van der Waals surface area contributed by atoms with Gasteiger partial charge in [-0.1, -0.05) is 25.1 Å². The van der Waals surface area contributed by atoms with Gasteiger partial charge in [0.05, 0.1) is 23.7 Å². The van der Waals surface area contributed by atoms with E-state index in [1.54, 1.807) is 12.1 Å². The topological polar surface area (TPSA) is 60.0 Å². The van der Waals surface area contributed by atoms with Gasteiger partial charge in [-0.15, -0.1) is 0 Å². The number of benzene rings is 2. The van der Waals surface area contributed by atoms with E-state index in [2.05, 4.69) is 17.2 Å². The van der Waals surface area contributed by atoms with Gasteiger partial charge in [0, 0.05) is 6.07 Å². The molecule has 0 radical (unpaired) electrons. The van der Waals surface area contributed by atoms with Crippen molar-refractivity contribution >= 4 is 17.1 Å². The van der Waals surface area contributed by atoms with Gasteiger partial charge in [-0.2, -0.15) is 10.2 Å². The Kier molecular flexibility index (Phi) is 4.50. The Hall–Kier alpha value is -2.36. The molecule has 0 aliphatic rings. The van der Waals surface area contributed by atoms with Crippen molar-refractivity contribution in [3.8, 4) is 5.75 Å². The molecule has 2 N–H and O–H groups in total. The molecule has 2 rings (SSSR count). The van der Waals surface area contributed by atoms with Crippen LogP contribution in [0.3, 0.4) is 0 Å². The number of rotatable bonds is 5. The molecule has 0 spiro atoms. The van der Waals surface area contributed by atoms with Crippen LogP contribution in [0.15, 0.2) is 58.8 Å². The molecule has 98 valence electrons. The predicted molar refractivity (Wildman–Crippen MR) is 77.3 cm³/mol. The van der Waals surface area contributed by atoms with E-state index in [1.165, 1.54) is 0 Å². The Morgan fingerprint density at radius 3 is 2.47 bits per heavy atom. The molecule has 0 atom stereocenters. The zero-order chi connectivity index (χ0) is 13.5. The lowest BCUT2D eigenvalue weighted by Gasteiger charge is -2.07. The molecular weight excluding hydrogens is 238 g/mol. The molecule has 0 saturated heterocycles. The summed E-state index contributed by atoms with van der Waals surface area (Å²) in [6, 6.07) is 15.0. The van der Waals surface area contributed by atoms with Gasteiger partial charge >= 0.3 is 0 Å². The van der Waals surface area contributed by atoms with Crippen LogP contribution in [0.4, 0.5) is 17.1 Å². The second-order valence-electron chi connectivity index (χ2n) is 4.11. The number of hydrogen-bond acceptors (Lipinski definition) is 4. The fourth-order valence-electron chi connectivity index (χ4n) is 1.53. The monoisotopic (exact) mass is 255 g/mol. The summed E-state index contributed by atoms with van der Waals surface area (Å²) in [5.74, 6) is 0.659. The largest absolute Gasteiger partial charge is 0.491 e. The molecule has 0 heterocycles. The van der Waals surface area contributed by atoms with Gasteiger partial charge in [-0.3, -0.25) is 0 Å². The van der Waals surface area contributed by atoms with Gasteiger partial charge in [0.2, 0.25) is 0 Å². The second-order valence-corrected chi connectivity index (χ2v) is 4.11. The minimum atomic E-state index is 0.618. The number of nitrogens with two attached hydrogens (primary N) is 1. The highest BCUT2D eigenvalue weighted by Crippen LogP contribution is 2.28. The number of nitrogens with zero attached hydrogens (tertiary/aromatic N) is 2. The van der Waals surface area contributed by atoms with Gasteiger partial charge in [0.25, 0.3) is 0 Å². The normalized spacial score (nSPS) is 10.8. The van der Waals surface area contributed by atoms with Gasteiger partial charge < -0.3 is 10.5 Å². The molecule has 4 heteroatoms. The summed E-state index contributed by atoms with van der Waals surface area (Å²) >= 11 is 0. The highest BCUT2D eigenvalue weighted by molar-refractivity contribution is 5.59. The maximum atomic E-state index is 5.84. The smallest absolute Gasteiger partial charge is 0.144 e. The summed E-state index contributed by atoms with van der Waals surface area (Å²) in [6.45, 7) is 2.69. The van der Waals surface area contributed by atoms with Crippen LogP contribution in [0, 0.1) is 0 Å². The minimum absolute atomic E-state index is 0.618. The average molecular weight is 255 g/mol. The zero-order valence-corrected chi connectivity index (χ0v) is 10.9. The first-order valence-electron chi connectivity index (χ1n) is 6.28. The van der Waals surface area contributed by atoms with E-state index >= 15 is 0 Å². The fourth-order valence-corrected chi connectivity index (χ4v) is 1.53. The van der Waals surface area contributed by atoms with Gasteiger partial charge in [0.1, 0.15) is 5.75 Å². The molecular formula is C15H17N3O. The number of hydrogen-bond donors (Lipinski definition) is 1. The Labute approximate surface area is 112 Å². The van der Waals surface area contributed by atoms with Crippen molar-refractivity contribution in [3.05, 3.63) is 48.5 Å². The molecule has 0 aromatic heterocycles. The van der Waals surface area contributed by atoms with Crippen LogP contribution in [-0.2, 0) is 0 Å². The summed E-state index contributed by atoms with van der Waals surface area (Å²) in [4.78, 5) is 0. The lowest BCUT2D eigenvalue weighted by molar-refractivity contribution is 0.319. The number of azo groups is 1. The maximum absolute atomic E-state index is 5.84. The Balaban J connectivity index is 2.14. The molecule has 0 fully saturated rings. The highest BCUT2D eigenvalue weighted by atomic mass is 16.5. The standard InChI is InChI=1S/C15H17N3O/c1-2-10-19-15-11-13(8-9-14(15)16)18-17-12-6-4-3-5-7-12/h3-9,11H,2,10,16H2,1H3. The molecule has 19 heavy (non-hydrogen) atoms. The van der Waals surface area contributed by atoms with E-state index in [9.17, 15) is 0 Å². The molecule has 4 nitrogen and oxygen atoms in total. The first kappa shape index (κ1) is 13.1. The van der Waals surface area contributed by atoms with E-state index in [1.807, 2.05) is 36.4 Å². The van der Waals surface area contributed by atoms with Crippen molar-refractivity contribution in [1.82, 2.24) is 0 Å². The summed E-state index contributed by atoms with van der Waals surface area (Å²) in [5.41, 5.74) is 8.00. The Morgan fingerprint density at radius 2 is 1.74 bits per heavy atom. The van der Waals surface area contributed by atoms with E-state index in [0.717, 1.165) is 17.8 Å². The van der Waals surface area contributed by atoms with Crippen LogP contribution < -0.4 is 10.5 Å². The number of anilines is 1. The number of ether oxygens (including phenoxy) is 1. The molecule has 0 amide bonds. The van der Waals surface area contributed by atoms with Crippen molar-refractivity contribution in [2.75, 3.05) is 12.3 Å². The lowest BCUT2D eigenvalue weighted by Crippen LogP contribution is -1.98. The van der Waals surface area contributed by atoms with Crippen LogP contribution in [-0.4, -0.2) is 6.61 Å². The predicted octanol–water partition coefficient (Wildman–Crippen LogP) is 4.47. The van der Waals surface area contributed by atoms with Crippen molar-refractivity contribution in [2.24, 2.45) is 10.2 Å². The molecule has 2 aromatic rings. The van der Waals surface area contributed by atoms with Crippen LogP contribution >= 0.6 is 0 Å². The third kappa shape index (κ3) is 3.81. The van der Waals surface area contributed by atoms with Crippen LogP contribution in [0.1, 0.15) is 13.3 Å². The third-order valence-corrected chi connectivity index (χ3v) is 2.50. The summed E-state index contributed by atoms with van der Waals surface area (Å²) in [6.07, 6.45) is 0.940. The molecule has 2 aromatic carbocycles. The SMILES string of the molecule is CCCOc1cc(N=Nc2ccccc2)ccc1N. The van der Waals surface area contributed by atoms with Crippen molar-refractivity contribution in [1.29, 1.82) is 0 Å². The Bertz CT molecular complexity index is 553. The first-order chi connectivity index (χ1) is 9.29. The highest BCUT2D eigenvalue weighted by Gasteiger charge is 2.01. The van der Waals surface area contributed by atoms with Gasteiger partial charge in [-0.25, -0.2) is 0 Å². The Morgan fingerprint density at radius 1 is 1.00 bits per heavy atom. The third-order valence-electron chi connectivity index (χ3n) is 2.50. The van der Waals surface area contributed by atoms with E-state index in [4.69, 9.17) is 10.5 Å². The molecule has 0 aliphatic carbocycles. The van der Waals surface area contributed by atoms with Crippen molar-refractivity contribution in [2.45, 2.75) is 13.3 Å². The van der Waals surface area contributed by atoms with Gasteiger partial charge in [0.15, 0.2) is 0 Å². The van der Waals surface area contributed by atoms with Crippen LogP contribution in [0.5, 0.6) is 5.75 Å². The van der Waals surface area contributed by atoms with E-state index < -0.39 is 0 Å². The molecule has 0 bridgehead atoms. The van der Waals surface area contributed by atoms with E-state index in [-0.39, 0.29) is 0 Å². The zero-order valence-electron chi connectivity index (χ0n) is 10.9. The van der Waals surface area contributed by atoms with Crippen molar-refractivity contribution < 1.29 is 4.74 Å². The molecule has 0 unspecified atom stereocenters. The minimum Gasteiger partial charge on any atom is -0.491 e.